The molecule has 0 aliphatic carbocycles. The molecule has 0 aliphatic rings. The van der Waals surface area contributed by atoms with Crippen LogP contribution in [-0.4, -0.2) is 21.2 Å². The molecule has 0 unspecified atom stereocenters. The van der Waals surface area contributed by atoms with Crippen molar-refractivity contribution in [3.8, 4) is 11.4 Å². The van der Waals surface area contributed by atoms with Crippen LogP contribution in [0.25, 0.3) is 5.69 Å². The lowest BCUT2D eigenvalue weighted by Gasteiger charge is -2.10. The number of phenolic OH excluding ortho intramolecular Hbond substituents is 1. The molecule has 2 rings (SSSR count). The van der Waals surface area contributed by atoms with Gasteiger partial charge in [0.2, 0.25) is 0 Å². The SMILES string of the molecule is Cc1cc(O)ccc1-n1cncc1CCN. The Morgan fingerprint density at radius 2 is 2.25 bits per heavy atom. The topological polar surface area (TPSA) is 64.1 Å². The molecular formula is C12H15N3O. The lowest BCUT2D eigenvalue weighted by molar-refractivity contribution is 0.474. The first-order chi connectivity index (χ1) is 7.72. The van der Waals surface area contributed by atoms with Crippen LogP contribution in [0, 0.1) is 6.92 Å². The number of nitrogens with two attached hydrogens (primary N) is 1. The highest BCUT2D eigenvalue weighted by molar-refractivity contribution is 5.45. The monoisotopic (exact) mass is 217 g/mol. The van der Waals surface area contributed by atoms with Crippen molar-refractivity contribution >= 4 is 0 Å². The quantitative estimate of drug-likeness (QED) is 0.816. The molecular weight excluding hydrogens is 202 g/mol. The smallest absolute Gasteiger partial charge is 0.115 e. The van der Waals surface area contributed by atoms with Crippen molar-refractivity contribution in [3.63, 3.8) is 0 Å². The van der Waals surface area contributed by atoms with Gasteiger partial charge < -0.3 is 15.4 Å². The zero-order valence-electron chi connectivity index (χ0n) is 9.22. The van der Waals surface area contributed by atoms with Gasteiger partial charge in [-0.1, -0.05) is 0 Å². The number of rotatable bonds is 3. The zero-order chi connectivity index (χ0) is 11.5. The van der Waals surface area contributed by atoms with Crippen molar-refractivity contribution in [2.45, 2.75) is 13.3 Å². The molecule has 0 fully saturated rings. The van der Waals surface area contributed by atoms with Crippen LogP contribution in [0.4, 0.5) is 0 Å². The molecule has 84 valence electrons. The van der Waals surface area contributed by atoms with Gasteiger partial charge in [0, 0.05) is 24.0 Å². The van der Waals surface area contributed by atoms with E-state index in [0.717, 1.165) is 23.4 Å². The molecule has 2 aromatic rings. The van der Waals surface area contributed by atoms with Crippen LogP contribution in [0.5, 0.6) is 5.75 Å². The van der Waals surface area contributed by atoms with Crippen LogP contribution in [0.15, 0.2) is 30.7 Å². The zero-order valence-corrected chi connectivity index (χ0v) is 9.22. The molecule has 4 nitrogen and oxygen atoms in total. The van der Waals surface area contributed by atoms with E-state index in [0.29, 0.717) is 6.54 Å². The minimum Gasteiger partial charge on any atom is -0.508 e. The number of aromatic hydroxyl groups is 1. The number of aryl methyl sites for hydroxylation is 1. The molecule has 1 heterocycles. The highest BCUT2D eigenvalue weighted by atomic mass is 16.3. The standard InChI is InChI=1S/C12H15N3O/c1-9-6-11(16)2-3-12(9)15-8-14-7-10(15)4-5-13/h2-3,6-8,16H,4-5,13H2,1H3. The second-order valence-corrected chi connectivity index (χ2v) is 3.76. The first-order valence-corrected chi connectivity index (χ1v) is 5.23. The molecule has 0 radical (unpaired) electrons. The molecule has 1 aromatic carbocycles. The number of imidazole rings is 1. The number of benzene rings is 1. The molecule has 0 amide bonds. The number of hydrogen-bond acceptors (Lipinski definition) is 3. The van der Waals surface area contributed by atoms with Gasteiger partial charge in [0.25, 0.3) is 0 Å². The first kappa shape index (κ1) is 10.7. The van der Waals surface area contributed by atoms with E-state index < -0.39 is 0 Å². The minimum atomic E-state index is 0.279. The summed E-state index contributed by atoms with van der Waals surface area (Å²) < 4.78 is 2.00. The van der Waals surface area contributed by atoms with Crippen molar-refractivity contribution in [1.82, 2.24) is 9.55 Å². The summed E-state index contributed by atoms with van der Waals surface area (Å²) in [4.78, 5) is 4.13. The first-order valence-electron chi connectivity index (χ1n) is 5.23. The summed E-state index contributed by atoms with van der Waals surface area (Å²) >= 11 is 0. The van der Waals surface area contributed by atoms with E-state index in [1.165, 1.54) is 0 Å². The summed E-state index contributed by atoms with van der Waals surface area (Å²) in [5.41, 5.74) is 8.66. The Balaban J connectivity index is 2.46. The van der Waals surface area contributed by atoms with Gasteiger partial charge in [-0.3, -0.25) is 0 Å². The molecule has 0 saturated heterocycles. The van der Waals surface area contributed by atoms with E-state index in [1.54, 1.807) is 18.5 Å². The summed E-state index contributed by atoms with van der Waals surface area (Å²) in [5.74, 6) is 0.279. The van der Waals surface area contributed by atoms with Gasteiger partial charge in [-0.25, -0.2) is 4.98 Å². The van der Waals surface area contributed by atoms with Gasteiger partial charge in [-0.05, 0) is 37.2 Å². The van der Waals surface area contributed by atoms with E-state index in [9.17, 15) is 5.11 Å². The average molecular weight is 217 g/mol. The lowest BCUT2D eigenvalue weighted by Crippen LogP contribution is -2.08. The normalized spacial score (nSPS) is 10.6. The molecule has 1 aromatic heterocycles. The van der Waals surface area contributed by atoms with Gasteiger partial charge >= 0.3 is 0 Å². The van der Waals surface area contributed by atoms with E-state index in [4.69, 9.17) is 5.73 Å². The minimum absolute atomic E-state index is 0.279. The summed E-state index contributed by atoms with van der Waals surface area (Å²) in [5, 5.41) is 9.36. The predicted molar refractivity (Wildman–Crippen MR) is 62.7 cm³/mol. The fourth-order valence-corrected chi connectivity index (χ4v) is 1.78. The Hall–Kier alpha value is -1.81. The molecule has 3 N–H and O–H groups in total. The molecule has 0 atom stereocenters. The third-order valence-corrected chi connectivity index (χ3v) is 2.56. The van der Waals surface area contributed by atoms with Gasteiger partial charge in [0.05, 0.1) is 6.33 Å². The van der Waals surface area contributed by atoms with Crippen molar-refractivity contribution in [2.24, 2.45) is 5.73 Å². The summed E-state index contributed by atoms with van der Waals surface area (Å²) in [7, 11) is 0. The van der Waals surface area contributed by atoms with Crippen molar-refractivity contribution < 1.29 is 5.11 Å². The summed E-state index contributed by atoms with van der Waals surface area (Å²) in [6, 6.07) is 5.29. The molecule has 4 heteroatoms. The summed E-state index contributed by atoms with van der Waals surface area (Å²) in [6.07, 6.45) is 4.38. The van der Waals surface area contributed by atoms with Crippen LogP contribution in [0.3, 0.4) is 0 Å². The molecule has 0 bridgehead atoms. The Bertz CT molecular complexity index is 491. The highest BCUT2D eigenvalue weighted by Gasteiger charge is 2.06. The average Bonchev–Trinajstić information content (AvgIpc) is 2.67. The highest BCUT2D eigenvalue weighted by Crippen LogP contribution is 2.20. The van der Waals surface area contributed by atoms with Crippen LogP contribution in [0.1, 0.15) is 11.3 Å². The van der Waals surface area contributed by atoms with Gasteiger partial charge in [0.15, 0.2) is 0 Å². The summed E-state index contributed by atoms with van der Waals surface area (Å²) in [6.45, 7) is 2.56. The Morgan fingerprint density at radius 1 is 1.44 bits per heavy atom. The van der Waals surface area contributed by atoms with Crippen molar-refractivity contribution in [1.29, 1.82) is 0 Å². The number of hydrogen-bond donors (Lipinski definition) is 2. The predicted octanol–water partition coefficient (Wildman–Crippen LogP) is 1.39. The van der Waals surface area contributed by atoms with E-state index in [2.05, 4.69) is 4.98 Å². The van der Waals surface area contributed by atoms with E-state index in [1.807, 2.05) is 23.8 Å². The fraction of sp³-hybridized carbons (Fsp3) is 0.250. The molecule has 0 aliphatic heterocycles. The van der Waals surface area contributed by atoms with Crippen molar-refractivity contribution in [3.05, 3.63) is 42.0 Å². The third-order valence-electron chi connectivity index (χ3n) is 2.56. The Morgan fingerprint density at radius 3 is 2.94 bits per heavy atom. The second kappa shape index (κ2) is 4.37. The van der Waals surface area contributed by atoms with Crippen LogP contribution < -0.4 is 5.73 Å². The molecule has 0 saturated carbocycles. The van der Waals surface area contributed by atoms with Gasteiger partial charge in [-0.15, -0.1) is 0 Å². The number of nitrogens with zero attached hydrogens (tertiary/aromatic N) is 2. The maximum atomic E-state index is 9.36. The van der Waals surface area contributed by atoms with E-state index in [-0.39, 0.29) is 5.75 Å². The number of aromatic nitrogens is 2. The van der Waals surface area contributed by atoms with Gasteiger partial charge in [0.1, 0.15) is 5.75 Å². The second-order valence-electron chi connectivity index (χ2n) is 3.76. The Labute approximate surface area is 94.4 Å². The lowest BCUT2D eigenvalue weighted by atomic mass is 10.2. The molecule has 0 spiro atoms. The largest absolute Gasteiger partial charge is 0.508 e. The maximum absolute atomic E-state index is 9.36. The van der Waals surface area contributed by atoms with Crippen LogP contribution >= 0.6 is 0 Å². The van der Waals surface area contributed by atoms with Crippen LogP contribution in [-0.2, 0) is 6.42 Å². The maximum Gasteiger partial charge on any atom is 0.115 e. The van der Waals surface area contributed by atoms with Crippen molar-refractivity contribution in [2.75, 3.05) is 6.54 Å². The Kier molecular flexibility index (Phi) is 2.92. The fourth-order valence-electron chi connectivity index (χ4n) is 1.78. The van der Waals surface area contributed by atoms with E-state index >= 15 is 0 Å². The van der Waals surface area contributed by atoms with Gasteiger partial charge in [-0.2, -0.15) is 0 Å². The number of phenols is 1. The van der Waals surface area contributed by atoms with Crippen LogP contribution in [0.2, 0.25) is 0 Å². The molecule has 16 heavy (non-hydrogen) atoms. The third kappa shape index (κ3) is 1.92.